The molecule has 0 spiro atoms. The van der Waals surface area contributed by atoms with E-state index in [1.54, 1.807) is 0 Å². The molecule has 1 aliphatic rings. The van der Waals surface area contributed by atoms with Crippen LogP contribution < -0.4 is 10.6 Å². The van der Waals surface area contributed by atoms with Crippen molar-refractivity contribution in [3.8, 4) is 0 Å². The Morgan fingerprint density at radius 3 is 2.76 bits per heavy atom. The summed E-state index contributed by atoms with van der Waals surface area (Å²) in [6, 6.07) is 0.489. The van der Waals surface area contributed by atoms with Crippen LogP contribution in [0.3, 0.4) is 0 Å². The van der Waals surface area contributed by atoms with Gasteiger partial charge < -0.3 is 10.6 Å². The fourth-order valence-corrected chi connectivity index (χ4v) is 2.19. The normalized spacial score (nSPS) is 25.3. The van der Waals surface area contributed by atoms with Crippen LogP contribution in [-0.4, -0.2) is 50.1 Å². The van der Waals surface area contributed by atoms with Gasteiger partial charge >= 0.3 is 0 Å². The van der Waals surface area contributed by atoms with Crippen LogP contribution in [0.1, 0.15) is 27.2 Å². The zero-order valence-electron chi connectivity index (χ0n) is 11.6. The third-order valence-electron chi connectivity index (χ3n) is 3.27. The van der Waals surface area contributed by atoms with Crippen molar-refractivity contribution in [2.75, 3.05) is 33.2 Å². The lowest BCUT2D eigenvalue weighted by molar-refractivity contribution is -0.122. The molecule has 100 valence electrons. The van der Waals surface area contributed by atoms with E-state index < -0.39 is 0 Å². The van der Waals surface area contributed by atoms with Gasteiger partial charge in [0.15, 0.2) is 0 Å². The van der Waals surface area contributed by atoms with E-state index >= 15 is 0 Å². The van der Waals surface area contributed by atoms with Crippen LogP contribution in [0.15, 0.2) is 0 Å². The molecule has 1 fully saturated rings. The van der Waals surface area contributed by atoms with Gasteiger partial charge in [-0.05, 0) is 31.8 Å². The van der Waals surface area contributed by atoms with Crippen molar-refractivity contribution in [3.63, 3.8) is 0 Å². The number of nitrogens with zero attached hydrogens (tertiary/aromatic N) is 1. The Hall–Kier alpha value is -0.610. The van der Waals surface area contributed by atoms with E-state index in [-0.39, 0.29) is 5.91 Å². The Balaban J connectivity index is 2.27. The van der Waals surface area contributed by atoms with Crippen molar-refractivity contribution in [2.45, 2.75) is 33.2 Å². The maximum Gasteiger partial charge on any atom is 0.234 e. The number of hydrogen-bond donors (Lipinski definition) is 2. The van der Waals surface area contributed by atoms with Crippen LogP contribution in [-0.2, 0) is 4.79 Å². The molecule has 2 unspecified atom stereocenters. The lowest BCUT2D eigenvalue weighted by Gasteiger charge is -2.34. The van der Waals surface area contributed by atoms with Gasteiger partial charge in [0.05, 0.1) is 6.54 Å². The number of amides is 1. The van der Waals surface area contributed by atoms with E-state index in [2.05, 4.69) is 36.3 Å². The molecule has 1 amide bonds. The first-order chi connectivity index (χ1) is 7.99. The third-order valence-corrected chi connectivity index (χ3v) is 3.27. The molecule has 4 heteroatoms. The molecule has 0 aliphatic carbocycles. The van der Waals surface area contributed by atoms with Crippen LogP contribution >= 0.6 is 0 Å². The molecule has 2 atom stereocenters. The maximum atomic E-state index is 11.7. The van der Waals surface area contributed by atoms with Gasteiger partial charge in [-0.25, -0.2) is 0 Å². The van der Waals surface area contributed by atoms with Crippen LogP contribution in [0.2, 0.25) is 0 Å². The Morgan fingerprint density at radius 2 is 2.18 bits per heavy atom. The van der Waals surface area contributed by atoms with Gasteiger partial charge in [0, 0.05) is 19.1 Å². The second kappa shape index (κ2) is 6.97. The minimum absolute atomic E-state index is 0.138. The quantitative estimate of drug-likeness (QED) is 0.744. The molecule has 2 N–H and O–H groups in total. The molecule has 1 aliphatic heterocycles. The van der Waals surface area contributed by atoms with E-state index in [0.717, 1.165) is 19.6 Å². The highest BCUT2D eigenvalue weighted by Crippen LogP contribution is 2.13. The largest absolute Gasteiger partial charge is 0.355 e. The fourth-order valence-electron chi connectivity index (χ4n) is 2.19. The SMILES string of the molecule is CC(C)CNC(=O)CN(C)C1CNCC(C)C1. The van der Waals surface area contributed by atoms with Gasteiger partial charge in [-0.15, -0.1) is 0 Å². The van der Waals surface area contributed by atoms with Crippen molar-refractivity contribution in [1.82, 2.24) is 15.5 Å². The van der Waals surface area contributed by atoms with E-state index in [0.29, 0.717) is 24.4 Å². The van der Waals surface area contributed by atoms with Gasteiger partial charge in [0.2, 0.25) is 5.91 Å². The minimum atomic E-state index is 0.138. The molecule has 1 heterocycles. The van der Waals surface area contributed by atoms with Crippen LogP contribution in [0.5, 0.6) is 0 Å². The summed E-state index contributed by atoms with van der Waals surface area (Å²) < 4.78 is 0. The lowest BCUT2D eigenvalue weighted by Crippen LogP contribution is -2.50. The predicted molar refractivity (Wildman–Crippen MR) is 70.9 cm³/mol. The van der Waals surface area contributed by atoms with E-state index in [1.807, 2.05) is 7.05 Å². The number of carbonyl (C=O) groups excluding carboxylic acids is 1. The van der Waals surface area contributed by atoms with Crippen LogP contribution in [0, 0.1) is 11.8 Å². The Kier molecular flexibility index (Phi) is 5.92. The number of carbonyl (C=O) groups is 1. The summed E-state index contributed by atoms with van der Waals surface area (Å²) in [4.78, 5) is 13.9. The van der Waals surface area contributed by atoms with Crippen molar-refractivity contribution < 1.29 is 4.79 Å². The first-order valence-corrected chi connectivity index (χ1v) is 6.66. The summed E-state index contributed by atoms with van der Waals surface area (Å²) in [6.45, 7) is 9.85. The highest BCUT2D eigenvalue weighted by atomic mass is 16.2. The Labute approximate surface area is 105 Å². The number of rotatable bonds is 5. The first kappa shape index (κ1) is 14.5. The summed E-state index contributed by atoms with van der Waals surface area (Å²) >= 11 is 0. The smallest absolute Gasteiger partial charge is 0.234 e. The zero-order chi connectivity index (χ0) is 12.8. The molecule has 4 nitrogen and oxygen atoms in total. The van der Waals surface area contributed by atoms with Crippen LogP contribution in [0.4, 0.5) is 0 Å². The summed E-state index contributed by atoms with van der Waals surface area (Å²) in [7, 11) is 2.04. The fraction of sp³-hybridized carbons (Fsp3) is 0.923. The first-order valence-electron chi connectivity index (χ1n) is 6.66. The molecular formula is C13H27N3O. The molecule has 0 saturated carbocycles. The highest BCUT2D eigenvalue weighted by molar-refractivity contribution is 5.78. The average Bonchev–Trinajstić information content (AvgIpc) is 2.26. The van der Waals surface area contributed by atoms with E-state index in [9.17, 15) is 4.79 Å². The van der Waals surface area contributed by atoms with E-state index in [4.69, 9.17) is 0 Å². The highest BCUT2D eigenvalue weighted by Gasteiger charge is 2.23. The minimum Gasteiger partial charge on any atom is -0.355 e. The molecule has 0 aromatic heterocycles. The van der Waals surface area contributed by atoms with Crippen molar-refractivity contribution in [2.24, 2.45) is 11.8 Å². The Bertz CT molecular complexity index is 243. The summed E-state index contributed by atoms with van der Waals surface area (Å²) in [5.74, 6) is 1.36. The van der Waals surface area contributed by atoms with Crippen molar-refractivity contribution in [1.29, 1.82) is 0 Å². The molecule has 0 radical (unpaired) electrons. The van der Waals surface area contributed by atoms with Crippen LogP contribution in [0.25, 0.3) is 0 Å². The summed E-state index contributed by atoms with van der Waals surface area (Å²) in [6.07, 6.45) is 1.18. The van der Waals surface area contributed by atoms with Gasteiger partial charge in [-0.2, -0.15) is 0 Å². The number of nitrogens with one attached hydrogen (secondary N) is 2. The molecule has 17 heavy (non-hydrogen) atoms. The molecule has 0 aromatic carbocycles. The van der Waals surface area contributed by atoms with E-state index in [1.165, 1.54) is 6.42 Å². The summed E-state index contributed by atoms with van der Waals surface area (Å²) in [5, 5.41) is 6.38. The molecule has 0 aromatic rings. The molecule has 0 bridgehead atoms. The topological polar surface area (TPSA) is 44.4 Å². The molecule has 1 saturated heterocycles. The third kappa shape index (κ3) is 5.50. The number of hydrogen-bond acceptors (Lipinski definition) is 3. The average molecular weight is 241 g/mol. The second-order valence-electron chi connectivity index (χ2n) is 5.77. The van der Waals surface area contributed by atoms with Crippen molar-refractivity contribution in [3.05, 3.63) is 0 Å². The monoisotopic (exact) mass is 241 g/mol. The lowest BCUT2D eigenvalue weighted by atomic mass is 9.97. The number of likely N-dealkylation sites (N-methyl/N-ethyl adjacent to an activating group) is 1. The van der Waals surface area contributed by atoms with Gasteiger partial charge in [0.25, 0.3) is 0 Å². The standard InChI is InChI=1S/C13H27N3O/c1-10(2)6-15-13(17)9-16(4)12-5-11(3)7-14-8-12/h10-12,14H,5-9H2,1-4H3,(H,15,17). The predicted octanol–water partition coefficient (Wildman–Crippen LogP) is 0.688. The molecule has 1 rings (SSSR count). The van der Waals surface area contributed by atoms with Gasteiger partial charge in [-0.3, -0.25) is 9.69 Å². The maximum absolute atomic E-state index is 11.7. The Morgan fingerprint density at radius 1 is 1.47 bits per heavy atom. The van der Waals surface area contributed by atoms with Gasteiger partial charge in [-0.1, -0.05) is 20.8 Å². The second-order valence-corrected chi connectivity index (χ2v) is 5.77. The van der Waals surface area contributed by atoms with Crippen molar-refractivity contribution >= 4 is 5.91 Å². The zero-order valence-corrected chi connectivity index (χ0v) is 11.6. The summed E-state index contributed by atoms with van der Waals surface area (Å²) in [5.41, 5.74) is 0. The molecular weight excluding hydrogens is 214 g/mol. The van der Waals surface area contributed by atoms with Gasteiger partial charge in [0.1, 0.15) is 0 Å². The number of piperidine rings is 1.